The molecule has 4 nitrogen and oxygen atoms in total. The third-order valence-electron chi connectivity index (χ3n) is 1.25. The van der Waals surface area contributed by atoms with Crippen LogP contribution in [0.15, 0.2) is 0 Å². The van der Waals surface area contributed by atoms with Crippen molar-refractivity contribution < 1.29 is 9.90 Å². The van der Waals surface area contributed by atoms with Crippen LogP contribution in [0.3, 0.4) is 0 Å². The monoisotopic (exact) mass is 178 g/mol. The Balaban J connectivity index is 3.44. The summed E-state index contributed by atoms with van der Waals surface area (Å²) in [7, 11) is 0. The molecule has 4 N–H and O–H groups in total. The molecule has 0 aliphatic carbocycles. The number of carboxylic acid groups (broad SMARTS) is 1. The van der Waals surface area contributed by atoms with Gasteiger partial charge in [0.2, 0.25) is 0 Å². The fraction of sp³-hybridized carbons (Fsp3) is 0.833. The van der Waals surface area contributed by atoms with Crippen molar-refractivity contribution in [3.63, 3.8) is 0 Å². The molecule has 0 aromatic carbocycles. The summed E-state index contributed by atoms with van der Waals surface area (Å²) >= 11 is 3.88. The van der Waals surface area contributed by atoms with Crippen LogP contribution in [0.5, 0.6) is 0 Å². The molecule has 0 fully saturated rings. The summed E-state index contributed by atoms with van der Waals surface area (Å²) < 4.78 is 0. The quantitative estimate of drug-likeness (QED) is 0.321. The summed E-state index contributed by atoms with van der Waals surface area (Å²) in [5.41, 5.74) is 5.23. The number of aliphatic carboxylic acids is 1. The first kappa shape index (κ1) is 10.7. The van der Waals surface area contributed by atoms with E-state index >= 15 is 0 Å². The molecular formula is C6H14N2O2S. The first-order valence-electron chi connectivity index (χ1n) is 3.49. The first-order valence-corrected chi connectivity index (χ1v) is 4.12. The van der Waals surface area contributed by atoms with E-state index in [0.717, 1.165) is 6.42 Å². The number of carbonyl (C=O) groups is 1. The van der Waals surface area contributed by atoms with E-state index in [1.807, 2.05) is 0 Å². The fourth-order valence-electron chi connectivity index (χ4n) is 0.608. The highest BCUT2D eigenvalue weighted by atomic mass is 32.1. The molecule has 0 aromatic rings. The van der Waals surface area contributed by atoms with Gasteiger partial charge in [-0.05, 0) is 19.5 Å². The lowest BCUT2D eigenvalue weighted by Gasteiger charge is -2.10. The minimum absolute atomic E-state index is 0.305. The van der Waals surface area contributed by atoms with Gasteiger partial charge in [0.1, 0.15) is 6.04 Å². The summed E-state index contributed by atoms with van der Waals surface area (Å²) in [5, 5.41) is 11.3. The molecule has 0 rings (SSSR count). The van der Waals surface area contributed by atoms with Gasteiger partial charge in [-0.15, -0.1) is 0 Å². The number of nitrogens with two attached hydrogens (primary N) is 1. The lowest BCUT2D eigenvalue weighted by atomic mass is 10.3. The molecule has 0 saturated heterocycles. The van der Waals surface area contributed by atoms with E-state index < -0.39 is 12.0 Å². The Hall–Kier alpha value is -0.260. The molecule has 0 aromatic heterocycles. The zero-order valence-electron chi connectivity index (χ0n) is 6.29. The zero-order valence-corrected chi connectivity index (χ0v) is 7.18. The molecule has 11 heavy (non-hydrogen) atoms. The van der Waals surface area contributed by atoms with Gasteiger partial charge in [-0.1, -0.05) is 0 Å². The minimum Gasteiger partial charge on any atom is -0.480 e. The normalized spacial score (nSPS) is 12.9. The van der Waals surface area contributed by atoms with Crippen LogP contribution in [0, 0.1) is 0 Å². The Kier molecular flexibility index (Phi) is 6.30. The molecule has 0 radical (unpaired) electrons. The Morgan fingerprint density at radius 2 is 2.36 bits per heavy atom. The van der Waals surface area contributed by atoms with Crippen molar-refractivity contribution in [3.8, 4) is 0 Å². The molecule has 0 unspecified atom stereocenters. The zero-order chi connectivity index (χ0) is 8.69. The van der Waals surface area contributed by atoms with E-state index in [1.165, 1.54) is 0 Å². The summed E-state index contributed by atoms with van der Waals surface area (Å²) in [5.74, 6) is -0.558. The van der Waals surface area contributed by atoms with E-state index in [-0.39, 0.29) is 0 Å². The average molecular weight is 178 g/mol. The van der Waals surface area contributed by atoms with E-state index in [2.05, 4.69) is 17.9 Å². The van der Waals surface area contributed by atoms with Crippen LogP contribution >= 0.6 is 12.6 Å². The largest absolute Gasteiger partial charge is 0.480 e. The predicted molar refractivity (Wildman–Crippen MR) is 47.0 cm³/mol. The highest BCUT2D eigenvalue weighted by molar-refractivity contribution is 7.80. The second kappa shape index (κ2) is 6.45. The van der Waals surface area contributed by atoms with Gasteiger partial charge >= 0.3 is 5.97 Å². The van der Waals surface area contributed by atoms with Gasteiger partial charge < -0.3 is 16.2 Å². The number of carboxylic acids is 1. The van der Waals surface area contributed by atoms with Gasteiger partial charge in [0.15, 0.2) is 0 Å². The highest BCUT2D eigenvalue weighted by Gasteiger charge is 2.12. The van der Waals surface area contributed by atoms with Crippen molar-refractivity contribution in [2.45, 2.75) is 12.5 Å². The van der Waals surface area contributed by atoms with Crippen molar-refractivity contribution >= 4 is 18.6 Å². The molecule has 66 valence electrons. The van der Waals surface area contributed by atoms with Crippen LogP contribution in [0.2, 0.25) is 0 Å². The van der Waals surface area contributed by atoms with Gasteiger partial charge in [0.05, 0.1) is 0 Å². The van der Waals surface area contributed by atoms with Crippen LogP contribution < -0.4 is 11.1 Å². The fourth-order valence-corrected chi connectivity index (χ4v) is 0.894. The van der Waals surface area contributed by atoms with Crippen LogP contribution in [-0.4, -0.2) is 36.0 Å². The average Bonchev–Trinajstić information content (AvgIpc) is 1.97. The Bertz CT molecular complexity index is 121. The number of hydrogen-bond acceptors (Lipinski definition) is 4. The molecule has 0 bridgehead atoms. The smallest absolute Gasteiger partial charge is 0.321 e. The van der Waals surface area contributed by atoms with E-state index in [9.17, 15) is 4.79 Å². The molecule has 5 heteroatoms. The molecule has 0 saturated carbocycles. The second-order valence-corrected chi connectivity index (χ2v) is 2.53. The Morgan fingerprint density at radius 1 is 1.73 bits per heavy atom. The van der Waals surface area contributed by atoms with E-state index in [1.54, 1.807) is 0 Å². The van der Waals surface area contributed by atoms with Gasteiger partial charge in [-0.25, -0.2) is 0 Å². The third kappa shape index (κ3) is 5.06. The van der Waals surface area contributed by atoms with Crippen molar-refractivity contribution in [1.82, 2.24) is 5.32 Å². The molecule has 0 heterocycles. The Morgan fingerprint density at radius 3 is 2.73 bits per heavy atom. The van der Waals surface area contributed by atoms with Crippen molar-refractivity contribution in [2.24, 2.45) is 5.73 Å². The minimum atomic E-state index is -0.864. The maximum Gasteiger partial charge on any atom is 0.321 e. The van der Waals surface area contributed by atoms with Gasteiger partial charge in [-0.3, -0.25) is 4.79 Å². The third-order valence-corrected chi connectivity index (χ3v) is 1.62. The summed E-state index contributed by atoms with van der Waals surface area (Å²) in [4.78, 5) is 10.4. The summed E-state index contributed by atoms with van der Waals surface area (Å²) in [6.45, 7) is 1.21. The van der Waals surface area contributed by atoms with Crippen molar-refractivity contribution in [2.75, 3.05) is 18.8 Å². The number of nitrogens with one attached hydrogen (secondary N) is 1. The molecule has 1 atom stereocenters. The summed E-state index contributed by atoms with van der Waals surface area (Å²) in [6.07, 6.45) is 0.789. The number of hydrogen-bond donors (Lipinski definition) is 4. The lowest BCUT2D eigenvalue weighted by molar-refractivity contribution is -0.138. The maximum atomic E-state index is 10.4. The van der Waals surface area contributed by atoms with E-state index in [0.29, 0.717) is 18.8 Å². The van der Waals surface area contributed by atoms with Crippen LogP contribution in [0.4, 0.5) is 0 Å². The number of thiol groups is 1. The molecule has 0 amide bonds. The van der Waals surface area contributed by atoms with Crippen LogP contribution in [0.1, 0.15) is 6.42 Å². The van der Waals surface area contributed by atoms with Gasteiger partial charge in [0, 0.05) is 5.75 Å². The molecule has 0 spiro atoms. The molecule has 0 aliphatic heterocycles. The molecule has 0 aliphatic rings. The topological polar surface area (TPSA) is 75.3 Å². The number of rotatable bonds is 6. The standard InChI is InChI=1S/C6H14N2O2S/c7-2-1-3-8-5(4-11)6(9)10/h5,8,11H,1-4,7H2,(H,9,10)/t5-/m1/s1. The van der Waals surface area contributed by atoms with Crippen LogP contribution in [-0.2, 0) is 4.79 Å². The molecular weight excluding hydrogens is 164 g/mol. The van der Waals surface area contributed by atoms with E-state index in [4.69, 9.17) is 10.8 Å². The summed E-state index contributed by atoms with van der Waals surface area (Å²) in [6, 6.07) is -0.551. The maximum absolute atomic E-state index is 10.4. The van der Waals surface area contributed by atoms with Crippen molar-refractivity contribution in [3.05, 3.63) is 0 Å². The second-order valence-electron chi connectivity index (χ2n) is 2.17. The predicted octanol–water partition coefficient (Wildman–Crippen LogP) is -0.692. The highest BCUT2D eigenvalue weighted by Crippen LogP contribution is 1.87. The lowest BCUT2D eigenvalue weighted by Crippen LogP contribution is -2.39. The van der Waals surface area contributed by atoms with Gasteiger partial charge in [0.25, 0.3) is 0 Å². The van der Waals surface area contributed by atoms with Crippen molar-refractivity contribution in [1.29, 1.82) is 0 Å². The van der Waals surface area contributed by atoms with Crippen LogP contribution in [0.25, 0.3) is 0 Å². The Labute approximate surface area is 71.6 Å². The SMILES string of the molecule is NCCCN[C@H](CS)C(=O)O. The van der Waals surface area contributed by atoms with Gasteiger partial charge in [-0.2, -0.15) is 12.6 Å². The first-order chi connectivity index (χ1) is 5.22.